The lowest BCUT2D eigenvalue weighted by molar-refractivity contribution is 0.0933. The Kier molecular flexibility index (Phi) is 4.89. The molecule has 0 fully saturated rings. The minimum absolute atomic E-state index is 0.0315. The first-order valence-corrected chi connectivity index (χ1v) is 8.05. The van der Waals surface area contributed by atoms with Crippen LogP contribution in [-0.4, -0.2) is 32.3 Å². The van der Waals surface area contributed by atoms with E-state index >= 15 is 0 Å². The zero-order valence-electron chi connectivity index (χ0n) is 13.9. The summed E-state index contributed by atoms with van der Waals surface area (Å²) in [6, 6.07) is 13.1. The first kappa shape index (κ1) is 16.2. The van der Waals surface area contributed by atoms with Crippen molar-refractivity contribution in [1.29, 1.82) is 0 Å². The van der Waals surface area contributed by atoms with E-state index in [-0.39, 0.29) is 12.0 Å². The standard InChI is InChI=1S/C19H21NO4/c1-3-23-17-9-8-14(11-18(17)22-2)19(21)20-12-15-10-13-6-4-5-7-16(13)24-15/h4-9,11,15H,3,10,12H2,1-2H3,(H,20,21). The summed E-state index contributed by atoms with van der Waals surface area (Å²) in [6.07, 6.45) is 0.777. The highest BCUT2D eigenvalue weighted by Gasteiger charge is 2.23. The largest absolute Gasteiger partial charge is 0.493 e. The number of benzene rings is 2. The Bertz CT molecular complexity index is 704. The number of hydrogen-bond donors (Lipinski definition) is 1. The third-order valence-corrected chi connectivity index (χ3v) is 3.93. The number of carbonyl (C=O) groups excluding carboxylic acids is 1. The minimum atomic E-state index is -0.157. The summed E-state index contributed by atoms with van der Waals surface area (Å²) in [5, 5.41) is 2.92. The van der Waals surface area contributed by atoms with E-state index in [0.29, 0.717) is 30.2 Å². The normalized spacial score (nSPS) is 15.3. The number of rotatable bonds is 6. The lowest BCUT2D eigenvalue weighted by atomic mass is 10.1. The van der Waals surface area contributed by atoms with Crippen LogP contribution >= 0.6 is 0 Å². The van der Waals surface area contributed by atoms with Gasteiger partial charge in [0.25, 0.3) is 5.91 Å². The van der Waals surface area contributed by atoms with Crippen LogP contribution < -0.4 is 19.5 Å². The van der Waals surface area contributed by atoms with Crippen molar-refractivity contribution in [2.24, 2.45) is 0 Å². The topological polar surface area (TPSA) is 56.8 Å². The van der Waals surface area contributed by atoms with Crippen LogP contribution in [0, 0.1) is 0 Å². The van der Waals surface area contributed by atoms with Gasteiger partial charge in [-0.3, -0.25) is 4.79 Å². The number of fused-ring (bicyclic) bond motifs is 1. The number of amides is 1. The molecule has 1 aliphatic heterocycles. The molecule has 2 aromatic rings. The summed E-state index contributed by atoms with van der Waals surface area (Å²) in [5.41, 5.74) is 1.71. The van der Waals surface area contributed by atoms with Crippen LogP contribution in [0.4, 0.5) is 0 Å². The van der Waals surface area contributed by atoms with Crippen LogP contribution in [0.5, 0.6) is 17.2 Å². The maximum Gasteiger partial charge on any atom is 0.251 e. The molecule has 1 atom stereocenters. The predicted octanol–water partition coefficient (Wildman–Crippen LogP) is 2.83. The molecular formula is C19H21NO4. The van der Waals surface area contributed by atoms with Gasteiger partial charge in [0.1, 0.15) is 11.9 Å². The summed E-state index contributed by atoms with van der Waals surface area (Å²) >= 11 is 0. The Morgan fingerprint density at radius 3 is 2.83 bits per heavy atom. The van der Waals surface area contributed by atoms with Crippen molar-refractivity contribution in [1.82, 2.24) is 5.32 Å². The molecule has 0 aliphatic carbocycles. The zero-order valence-corrected chi connectivity index (χ0v) is 13.9. The quantitative estimate of drug-likeness (QED) is 0.886. The Balaban J connectivity index is 1.60. The van der Waals surface area contributed by atoms with Gasteiger partial charge >= 0.3 is 0 Å². The van der Waals surface area contributed by atoms with E-state index in [0.717, 1.165) is 12.2 Å². The maximum absolute atomic E-state index is 12.3. The van der Waals surface area contributed by atoms with Gasteiger partial charge in [0.05, 0.1) is 20.3 Å². The predicted molar refractivity (Wildman–Crippen MR) is 91.1 cm³/mol. The highest BCUT2D eigenvalue weighted by atomic mass is 16.5. The first-order chi connectivity index (χ1) is 11.7. The average Bonchev–Trinajstić information content (AvgIpc) is 3.03. The lowest BCUT2D eigenvalue weighted by Gasteiger charge is -2.13. The molecule has 0 saturated heterocycles. The van der Waals surface area contributed by atoms with Gasteiger partial charge in [-0.15, -0.1) is 0 Å². The molecule has 1 heterocycles. The molecule has 1 N–H and O–H groups in total. The van der Waals surface area contributed by atoms with Crippen molar-refractivity contribution in [3.8, 4) is 17.2 Å². The van der Waals surface area contributed by atoms with E-state index < -0.39 is 0 Å². The molecule has 1 aliphatic rings. The van der Waals surface area contributed by atoms with E-state index in [1.54, 1.807) is 25.3 Å². The third kappa shape index (κ3) is 3.45. The molecule has 0 saturated carbocycles. The first-order valence-electron chi connectivity index (χ1n) is 8.05. The van der Waals surface area contributed by atoms with Crippen LogP contribution in [0.3, 0.4) is 0 Å². The molecule has 1 amide bonds. The average molecular weight is 327 g/mol. The van der Waals surface area contributed by atoms with Crippen LogP contribution in [0.2, 0.25) is 0 Å². The van der Waals surface area contributed by atoms with Gasteiger partial charge in [-0.2, -0.15) is 0 Å². The monoisotopic (exact) mass is 327 g/mol. The zero-order chi connectivity index (χ0) is 16.9. The number of ether oxygens (including phenoxy) is 3. The third-order valence-electron chi connectivity index (χ3n) is 3.93. The Labute approximate surface area is 141 Å². The number of para-hydroxylation sites is 1. The smallest absolute Gasteiger partial charge is 0.251 e. The fourth-order valence-corrected chi connectivity index (χ4v) is 2.76. The van der Waals surface area contributed by atoms with Crippen molar-refractivity contribution in [3.05, 3.63) is 53.6 Å². The van der Waals surface area contributed by atoms with Gasteiger partial charge in [-0.1, -0.05) is 18.2 Å². The SMILES string of the molecule is CCOc1ccc(C(=O)NCC2Cc3ccccc3O2)cc1OC. The molecular weight excluding hydrogens is 306 g/mol. The van der Waals surface area contributed by atoms with Gasteiger partial charge in [-0.05, 0) is 36.8 Å². The van der Waals surface area contributed by atoms with Crippen LogP contribution in [0.25, 0.3) is 0 Å². The molecule has 2 aromatic carbocycles. The fourth-order valence-electron chi connectivity index (χ4n) is 2.76. The molecule has 126 valence electrons. The minimum Gasteiger partial charge on any atom is -0.493 e. The molecule has 3 rings (SSSR count). The lowest BCUT2D eigenvalue weighted by Crippen LogP contribution is -2.34. The van der Waals surface area contributed by atoms with Gasteiger partial charge in [-0.25, -0.2) is 0 Å². The van der Waals surface area contributed by atoms with Crippen molar-refractivity contribution < 1.29 is 19.0 Å². The Morgan fingerprint density at radius 2 is 2.08 bits per heavy atom. The second-order valence-corrected chi connectivity index (χ2v) is 5.56. The van der Waals surface area contributed by atoms with E-state index in [2.05, 4.69) is 11.4 Å². The van der Waals surface area contributed by atoms with Crippen LogP contribution in [0.15, 0.2) is 42.5 Å². The molecule has 0 aromatic heterocycles. The molecule has 5 heteroatoms. The van der Waals surface area contributed by atoms with Gasteiger partial charge in [0.15, 0.2) is 11.5 Å². The van der Waals surface area contributed by atoms with E-state index in [4.69, 9.17) is 14.2 Å². The van der Waals surface area contributed by atoms with Crippen LogP contribution in [-0.2, 0) is 6.42 Å². The van der Waals surface area contributed by atoms with E-state index in [9.17, 15) is 4.79 Å². The van der Waals surface area contributed by atoms with Crippen molar-refractivity contribution in [3.63, 3.8) is 0 Å². The number of carbonyl (C=O) groups is 1. The summed E-state index contributed by atoms with van der Waals surface area (Å²) in [5.74, 6) is 1.93. The number of nitrogens with one attached hydrogen (secondary N) is 1. The van der Waals surface area contributed by atoms with Crippen LogP contribution in [0.1, 0.15) is 22.8 Å². The number of hydrogen-bond acceptors (Lipinski definition) is 4. The van der Waals surface area contributed by atoms with Crippen molar-refractivity contribution >= 4 is 5.91 Å². The van der Waals surface area contributed by atoms with Gasteiger partial charge in [0, 0.05) is 12.0 Å². The summed E-state index contributed by atoms with van der Waals surface area (Å²) in [6.45, 7) is 2.91. The Morgan fingerprint density at radius 1 is 1.25 bits per heavy atom. The molecule has 24 heavy (non-hydrogen) atoms. The highest BCUT2D eigenvalue weighted by Crippen LogP contribution is 2.29. The molecule has 1 unspecified atom stereocenters. The molecule has 5 nitrogen and oxygen atoms in total. The molecule has 0 radical (unpaired) electrons. The molecule has 0 bridgehead atoms. The fraction of sp³-hybridized carbons (Fsp3) is 0.316. The number of methoxy groups -OCH3 is 1. The van der Waals surface area contributed by atoms with Crippen molar-refractivity contribution in [2.45, 2.75) is 19.4 Å². The second kappa shape index (κ2) is 7.25. The van der Waals surface area contributed by atoms with Crippen molar-refractivity contribution in [2.75, 3.05) is 20.3 Å². The summed E-state index contributed by atoms with van der Waals surface area (Å²) < 4.78 is 16.6. The summed E-state index contributed by atoms with van der Waals surface area (Å²) in [7, 11) is 1.56. The van der Waals surface area contributed by atoms with E-state index in [1.807, 2.05) is 25.1 Å². The maximum atomic E-state index is 12.3. The Hall–Kier alpha value is -2.69. The van der Waals surface area contributed by atoms with Gasteiger partial charge < -0.3 is 19.5 Å². The van der Waals surface area contributed by atoms with Gasteiger partial charge in [0.2, 0.25) is 0 Å². The molecule has 0 spiro atoms. The second-order valence-electron chi connectivity index (χ2n) is 5.56. The highest BCUT2D eigenvalue weighted by molar-refractivity contribution is 5.94. The summed E-state index contributed by atoms with van der Waals surface area (Å²) in [4.78, 5) is 12.3. The van der Waals surface area contributed by atoms with E-state index in [1.165, 1.54) is 5.56 Å².